The van der Waals surface area contributed by atoms with Crippen molar-refractivity contribution in [1.82, 2.24) is 20.4 Å². The number of nitrogens with zero attached hydrogens (tertiary/aromatic N) is 2. The monoisotopic (exact) mass is 386 g/mol. The second-order valence-corrected chi connectivity index (χ2v) is 6.71. The lowest BCUT2D eigenvalue weighted by atomic mass is 10.2. The average Bonchev–Trinajstić information content (AvgIpc) is 3.22. The lowest BCUT2D eigenvalue weighted by molar-refractivity contribution is -0.121. The van der Waals surface area contributed by atoms with Gasteiger partial charge in [-0.2, -0.15) is 0 Å². The van der Waals surface area contributed by atoms with Crippen molar-refractivity contribution in [3.8, 4) is 5.75 Å². The number of amides is 3. The van der Waals surface area contributed by atoms with Crippen molar-refractivity contribution in [3.63, 3.8) is 0 Å². The molecule has 1 saturated heterocycles. The Hall–Kier alpha value is -2.84. The van der Waals surface area contributed by atoms with Crippen LogP contribution in [0.15, 0.2) is 47.1 Å². The van der Waals surface area contributed by atoms with E-state index in [4.69, 9.17) is 9.15 Å². The maximum Gasteiger partial charge on any atom is 0.321 e. The van der Waals surface area contributed by atoms with Crippen molar-refractivity contribution >= 4 is 11.9 Å². The van der Waals surface area contributed by atoms with Gasteiger partial charge < -0.3 is 14.5 Å². The van der Waals surface area contributed by atoms with E-state index in [0.29, 0.717) is 5.76 Å². The van der Waals surface area contributed by atoms with Crippen LogP contribution in [0.3, 0.4) is 0 Å². The molecule has 1 aromatic heterocycles. The van der Waals surface area contributed by atoms with Gasteiger partial charge in [-0.3, -0.25) is 19.9 Å². The summed E-state index contributed by atoms with van der Waals surface area (Å²) in [6.07, 6.45) is 1.54. The van der Waals surface area contributed by atoms with Crippen LogP contribution in [0.1, 0.15) is 11.3 Å². The number of imide groups is 1. The molecule has 0 unspecified atom stereocenters. The van der Waals surface area contributed by atoms with Crippen LogP contribution in [0.5, 0.6) is 5.75 Å². The van der Waals surface area contributed by atoms with Gasteiger partial charge >= 0.3 is 6.03 Å². The summed E-state index contributed by atoms with van der Waals surface area (Å²) in [7, 11) is 1.66. The topological polar surface area (TPSA) is 87.0 Å². The lowest BCUT2D eigenvalue weighted by Gasteiger charge is -2.34. The summed E-state index contributed by atoms with van der Waals surface area (Å²) in [6.45, 7) is 4.67. The van der Waals surface area contributed by atoms with Gasteiger partial charge in [0.25, 0.3) is 0 Å². The van der Waals surface area contributed by atoms with E-state index < -0.39 is 6.03 Å². The summed E-state index contributed by atoms with van der Waals surface area (Å²) in [4.78, 5) is 28.2. The number of hydrogen-bond acceptors (Lipinski definition) is 6. The number of carbonyl (C=O) groups excluding carboxylic acids is 2. The molecule has 28 heavy (non-hydrogen) atoms. The Morgan fingerprint density at radius 2 is 1.79 bits per heavy atom. The van der Waals surface area contributed by atoms with Crippen LogP contribution in [0, 0.1) is 0 Å². The standard InChI is InChI=1S/C20H26N4O4/c1-27-17-6-4-16(5-7-17)14-23-8-10-24(11-9-23)15-19(25)22-20(26)21-13-18-3-2-12-28-18/h2-7,12H,8-11,13-15H2,1H3,(H2,21,22,25,26). The zero-order valence-electron chi connectivity index (χ0n) is 16.0. The lowest BCUT2D eigenvalue weighted by Crippen LogP contribution is -2.50. The molecule has 0 atom stereocenters. The van der Waals surface area contributed by atoms with Crippen LogP contribution >= 0.6 is 0 Å². The van der Waals surface area contributed by atoms with Gasteiger partial charge in [0.05, 0.1) is 26.5 Å². The molecule has 1 aliphatic heterocycles. The minimum absolute atomic E-state index is 0.213. The first-order chi connectivity index (χ1) is 13.6. The maximum atomic E-state index is 12.1. The highest BCUT2D eigenvalue weighted by Gasteiger charge is 2.20. The van der Waals surface area contributed by atoms with Gasteiger partial charge in [-0.25, -0.2) is 4.79 Å². The van der Waals surface area contributed by atoms with Gasteiger partial charge in [-0.15, -0.1) is 0 Å². The van der Waals surface area contributed by atoms with E-state index in [1.807, 2.05) is 12.1 Å². The minimum atomic E-state index is -0.514. The van der Waals surface area contributed by atoms with Crippen LogP contribution < -0.4 is 15.4 Å². The van der Waals surface area contributed by atoms with E-state index in [1.54, 1.807) is 19.2 Å². The zero-order chi connectivity index (χ0) is 19.8. The molecule has 2 heterocycles. The number of ether oxygens (including phenoxy) is 1. The van der Waals surface area contributed by atoms with Gasteiger partial charge in [0.1, 0.15) is 11.5 Å². The molecule has 3 amide bonds. The second-order valence-electron chi connectivity index (χ2n) is 6.71. The maximum absolute atomic E-state index is 12.1. The fraction of sp³-hybridized carbons (Fsp3) is 0.400. The first-order valence-corrected chi connectivity index (χ1v) is 9.30. The minimum Gasteiger partial charge on any atom is -0.497 e. The summed E-state index contributed by atoms with van der Waals surface area (Å²) in [5, 5.41) is 4.95. The predicted molar refractivity (Wildman–Crippen MR) is 104 cm³/mol. The summed E-state index contributed by atoms with van der Waals surface area (Å²) >= 11 is 0. The third-order valence-electron chi connectivity index (χ3n) is 4.65. The third kappa shape index (κ3) is 6.11. The van der Waals surface area contributed by atoms with E-state index in [1.165, 1.54) is 11.8 Å². The number of urea groups is 1. The quantitative estimate of drug-likeness (QED) is 0.749. The molecule has 2 aromatic rings. The molecule has 8 heteroatoms. The molecule has 1 aromatic carbocycles. The molecular weight excluding hydrogens is 360 g/mol. The SMILES string of the molecule is COc1ccc(CN2CCN(CC(=O)NC(=O)NCc3ccco3)CC2)cc1. The van der Waals surface area contributed by atoms with Crippen molar-refractivity contribution in [2.75, 3.05) is 39.8 Å². The molecule has 150 valence electrons. The zero-order valence-corrected chi connectivity index (χ0v) is 16.0. The highest BCUT2D eigenvalue weighted by Crippen LogP contribution is 2.14. The summed E-state index contributed by atoms with van der Waals surface area (Å²) in [5.41, 5.74) is 1.24. The summed E-state index contributed by atoms with van der Waals surface area (Å²) in [5.74, 6) is 1.18. The fourth-order valence-corrected chi connectivity index (χ4v) is 3.09. The van der Waals surface area contributed by atoms with Gasteiger partial charge in [-0.1, -0.05) is 12.1 Å². The number of nitrogens with one attached hydrogen (secondary N) is 2. The molecule has 0 saturated carbocycles. The molecule has 3 rings (SSSR count). The van der Waals surface area contributed by atoms with Crippen LogP contribution in [-0.4, -0.2) is 61.6 Å². The highest BCUT2D eigenvalue weighted by molar-refractivity contribution is 5.95. The van der Waals surface area contributed by atoms with Crippen molar-refractivity contribution in [3.05, 3.63) is 54.0 Å². The third-order valence-corrected chi connectivity index (χ3v) is 4.65. The van der Waals surface area contributed by atoms with E-state index in [9.17, 15) is 9.59 Å². The predicted octanol–water partition coefficient (Wildman–Crippen LogP) is 1.43. The molecule has 8 nitrogen and oxygen atoms in total. The molecule has 1 fully saturated rings. The van der Waals surface area contributed by atoms with Gasteiger partial charge in [-0.05, 0) is 29.8 Å². The Bertz CT molecular complexity index is 753. The second kappa shape index (κ2) is 9.91. The van der Waals surface area contributed by atoms with Gasteiger partial charge in [0.15, 0.2) is 0 Å². The number of rotatable bonds is 7. The van der Waals surface area contributed by atoms with Crippen molar-refractivity contribution in [2.45, 2.75) is 13.1 Å². The first-order valence-electron chi connectivity index (χ1n) is 9.30. The molecule has 2 N–H and O–H groups in total. The van der Waals surface area contributed by atoms with Crippen LogP contribution in [0.2, 0.25) is 0 Å². The fourth-order valence-electron chi connectivity index (χ4n) is 3.09. The molecule has 0 spiro atoms. The number of piperazine rings is 1. The molecule has 1 aliphatic rings. The number of hydrogen-bond donors (Lipinski definition) is 2. The normalized spacial score (nSPS) is 15.2. The number of carbonyl (C=O) groups is 2. The van der Waals surface area contributed by atoms with Crippen LogP contribution in [0.25, 0.3) is 0 Å². The van der Waals surface area contributed by atoms with Gasteiger partial charge in [0.2, 0.25) is 5.91 Å². The van der Waals surface area contributed by atoms with E-state index in [0.717, 1.165) is 38.5 Å². The Morgan fingerprint density at radius 3 is 2.43 bits per heavy atom. The number of benzene rings is 1. The smallest absolute Gasteiger partial charge is 0.321 e. The van der Waals surface area contributed by atoms with Gasteiger partial charge in [0, 0.05) is 32.7 Å². The molecule has 0 aliphatic carbocycles. The van der Waals surface area contributed by atoms with E-state index in [-0.39, 0.29) is 19.0 Å². The Kier molecular flexibility index (Phi) is 7.05. The molecule has 0 radical (unpaired) electrons. The highest BCUT2D eigenvalue weighted by atomic mass is 16.5. The largest absolute Gasteiger partial charge is 0.497 e. The Balaban J connectivity index is 1.34. The number of furan rings is 1. The molecule has 0 bridgehead atoms. The number of methoxy groups -OCH3 is 1. The summed E-state index contributed by atoms with van der Waals surface area (Å²) < 4.78 is 10.3. The molecular formula is C20H26N4O4. The van der Waals surface area contributed by atoms with Crippen LogP contribution in [0.4, 0.5) is 4.79 Å². The van der Waals surface area contributed by atoms with Crippen molar-refractivity contribution < 1.29 is 18.7 Å². The first kappa shape index (κ1) is 19.9. The van der Waals surface area contributed by atoms with Crippen LogP contribution in [-0.2, 0) is 17.9 Å². The van der Waals surface area contributed by atoms with E-state index >= 15 is 0 Å². The Labute approximate surface area is 164 Å². The van der Waals surface area contributed by atoms with E-state index in [2.05, 4.69) is 32.6 Å². The Morgan fingerprint density at radius 1 is 1.07 bits per heavy atom. The average molecular weight is 386 g/mol. The summed E-state index contributed by atoms with van der Waals surface area (Å²) in [6, 6.07) is 11.1. The van der Waals surface area contributed by atoms with Crippen molar-refractivity contribution in [2.24, 2.45) is 0 Å². The van der Waals surface area contributed by atoms with Crippen molar-refractivity contribution in [1.29, 1.82) is 0 Å².